The first-order valence-electron chi connectivity index (χ1n) is 19.4. The number of carbonyl (C=O) groups excluding carboxylic acids is 4. The van der Waals surface area contributed by atoms with Crippen LogP contribution in [0.2, 0.25) is 0 Å². The van der Waals surface area contributed by atoms with Gasteiger partial charge in [0.05, 0.1) is 23.0 Å². The summed E-state index contributed by atoms with van der Waals surface area (Å²) in [7, 11) is -2.02. The van der Waals surface area contributed by atoms with Crippen molar-refractivity contribution in [1.29, 1.82) is 0 Å². The number of likely N-dealkylation sites (N-methyl/N-ethyl adjacent to an activating group) is 1. The van der Waals surface area contributed by atoms with Crippen molar-refractivity contribution in [3.05, 3.63) is 34.5 Å². The zero-order valence-corrected chi connectivity index (χ0v) is 32.4. The molecular weight excluding hydrogens is 749 g/mol. The molecule has 4 fully saturated rings. The highest BCUT2D eigenvalue weighted by Gasteiger charge is 2.62. The molecule has 5 heterocycles. The third kappa shape index (κ3) is 8.02. The monoisotopic (exact) mass is 796 g/mol. The molecule has 16 nitrogen and oxygen atoms in total. The average molecular weight is 797 g/mol. The summed E-state index contributed by atoms with van der Waals surface area (Å²) in [4.78, 5) is 74.4. The molecule has 1 aromatic rings. The van der Waals surface area contributed by atoms with E-state index in [1.54, 1.807) is 6.34 Å². The van der Waals surface area contributed by atoms with Crippen LogP contribution in [0.15, 0.2) is 44.6 Å². The molecule has 3 N–H and O–H groups in total. The van der Waals surface area contributed by atoms with Crippen LogP contribution in [0.25, 0.3) is 0 Å². The Hall–Kier alpha value is -4.32. The SMILES string of the molecule is CN1C=NC2N=C(O[C@@H]3C[C@H]4C(=O)N[C@]5(C(=O)NS(=O)(=O)C6CC6)CC5/C=C\CCCCC[C@@H](NC(=O)OC5CCCC5)C(=O)N4C3)C(c3cccs3)=NC21. The van der Waals surface area contributed by atoms with Gasteiger partial charge in [-0.25, -0.2) is 28.2 Å². The lowest BCUT2D eigenvalue weighted by Gasteiger charge is -2.30. The first kappa shape index (κ1) is 37.6. The van der Waals surface area contributed by atoms with Crippen molar-refractivity contribution in [2.75, 3.05) is 13.6 Å². The molecule has 4 amide bonds. The van der Waals surface area contributed by atoms with E-state index in [-0.39, 0.29) is 37.6 Å². The van der Waals surface area contributed by atoms with E-state index in [9.17, 15) is 27.6 Å². The third-order valence-corrected chi connectivity index (χ3v) is 14.2. The van der Waals surface area contributed by atoms with Crippen LogP contribution in [0.5, 0.6) is 0 Å². The van der Waals surface area contributed by atoms with Gasteiger partial charge in [0.15, 0.2) is 12.3 Å². The molecule has 0 aromatic carbocycles. The number of rotatable bonds is 7. The number of sulfonamides is 1. The number of hydrogen-bond donors (Lipinski definition) is 3. The van der Waals surface area contributed by atoms with Crippen LogP contribution in [0.3, 0.4) is 0 Å². The minimum Gasteiger partial charge on any atom is -0.471 e. The molecule has 55 heavy (non-hydrogen) atoms. The molecular formula is C37H48N8O8S2. The highest BCUT2D eigenvalue weighted by molar-refractivity contribution is 7.91. The second-order valence-corrected chi connectivity index (χ2v) is 18.6. The minimum absolute atomic E-state index is 0.0145. The van der Waals surface area contributed by atoms with E-state index in [1.807, 2.05) is 41.6 Å². The van der Waals surface area contributed by atoms with E-state index >= 15 is 0 Å². The number of alkyl carbamates (subject to hydrolysis) is 1. The molecule has 0 bridgehead atoms. The number of carbonyl (C=O) groups is 4. The Morgan fingerprint density at radius 1 is 1.04 bits per heavy atom. The van der Waals surface area contributed by atoms with E-state index in [0.717, 1.165) is 43.4 Å². The summed E-state index contributed by atoms with van der Waals surface area (Å²) in [6, 6.07) is 1.74. The van der Waals surface area contributed by atoms with Gasteiger partial charge in [-0.3, -0.25) is 19.1 Å². The highest BCUT2D eigenvalue weighted by atomic mass is 32.2. The second-order valence-electron chi connectivity index (χ2n) is 15.7. The molecule has 1 aromatic heterocycles. The van der Waals surface area contributed by atoms with Crippen LogP contribution < -0.4 is 15.4 Å². The lowest BCUT2D eigenvalue weighted by Crippen LogP contribution is -2.58. The van der Waals surface area contributed by atoms with Gasteiger partial charge in [-0.05, 0) is 75.7 Å². The Morgan fingerprint density at radius 3 is 2.60 bits per heavy atom. The molecule has 7 atom stereocenters. The van der Waals surface area contributed by atoms with Gasteiger partial charge in [0.2, 0.25) is 27.7 Å². The van der Waals surface area contributed by atoms with Gasteiger partial charge in [-0.15, -0.1) is 11.3 Å². The molecule has 8 rings (SSSR count). The number of fused-ring (bicyclic) bond motifs is 3. The summed E-state index contributed by atoms with van der Waals surface area (Å²) < 4.78 is 40.2. The van der Waals surface area contributed by atoms with E-state index < -0.39 is 74.9 Å². The Labute approximate surface area is 324 Å². The predicted molar refractivity (Wildman–Crippen MR) is 204 cm³/mol. The number of allylic oxidation sites excluding steroid dienone is 1. The van der Waals surface area contributed by atoms with E-state index in [2.05, 4.69) is 20.3 Å². The fraction of sp³-hybridized carbons (Fsp3) is 0.649. The second kappa shape index (κ2) is 15.3. The Balaban J connectivity index is 1.08. The minimum atomic E-state index is -3.89. The van der Waals surface area contributed by atoms with Crippen LogP contribution in [0.4, 0.5) is 4.79 Å². The molecule has 4 aliphatic heterocycles. The molecule has 0 spiro atoms. The lowest BCUT2D eigenvalue weighted by molar-refractivity contribution is -0.141. The molecule has 3 aliphatic carbocycles. The zero-order chi connectivity index (χ0) is 38.3. The fourth-order valence-electron chi connectivity index (χ4n) is 8.16. The van der Waals surface area contributed by atoms with Gasteiger partial charge in [-0.2, -0.15) is 0 Å². The van der Waals surface area contributed by atoms with Crippen molar-refractivity contribution >= 4 is 63.1 Å². The van der Waals surface area contributed by atoms with Crippen molar-refractivity contribution in [3.8, 4) is 0 Å². The van der Waals surface area contributed by atoms with Gasteiger partial charge in [0.1, 0.15) is 35.5 Å². The number of nitrogens with zero attached hydrogens (tertiary/aromatic N) is 5. The van der Waals surface area contributed by atoms with Crippen molar-refractivity contribution in [2.45, 2.75) is 131 Å². The maximum atomic E-state index is 14.6. The van der Waals surface area contributed by atoms with E-state index in [4.69, 9.17) is 19.5 Å². The third-order valence-electron chi connectivity index (χ3n) is 11.5. The largest absolute Gasteiger partial charge is 0.471 e. The predicted octanol–water partition coefficient (Wildman–Crippen LogP) is 2.60. The number of hydrogen-bond acceptors (Lipinski definition) is 13. The Bertz CT molecular complexity index is 1910. The van der Waals surface area contributed by atoms with E-state index in [0.29, 0.717) is 37.8 Å². The summed E-state index contributed by atoms with van der Waals surface area (Å²) >= 11 is 1.48. The van der Waals surface area contributed by atoms with Crippen LogP contribution in [-0.4, -0.2) is 121 Å². The molecule has 3 saturated carbocycles. The van der Waals surface area contributed by atoms with Crippen LogP contribution in [-0.2, 0) is 33.9 Å². The van der Waals surface area contributed by atoms with Gasteiger partial charge >= 0.3 is 6.09 Å². The van der Waals surface area contributed by atoms with Crippen LogP contribution in [0.1, 0.15) is 88.3 Å². The maximum Gasteiger partial charge on any atom is 0.408 e. The number of aliphatic imine (C=N–C) groups is 3. The number of ether oxygens (including phenoxy) is 2. The van der Waals surface area contributed by atoms with Crippen molar-refractivity contribution < 1.29 is 37.1 Å². The Morgan fingerprint density at radius 2 is 1.84 bits per heavy atom. The maximum absolute atomic E-state index is 14.6. The van der Waals surface area contributed by atoms with Gasteiger partial charge < -0.3 is 29.9 Å². The number of thiophene rings is 1. The van der Waals surface area contributed by atoms with Gasteiger partial charge in [-0.1, -0.05) is 31.1 Å². The topological polar surface area (TPSA) is 201 Å². The quantitative estimate of drug-likeness (QED) is 0.347. The average Bonchev–Trinajstić information content (AvgIpc) is 3.78. The number of amides is 4. The standard InChI is InChI=1S/C37H48N8O8S2/c1-44-21-38-30-31(44)40-29(28-14-9-17-54-28)33(41-30)52-24-18-27-32(46)42-37(35(48)43-55(50,51)25-15-16-25)19-22(37)10-5-3-2-4-6-13-26(34(47)45(27)20-24)39-36(49)53-23-11-7-8-12-23/h5,9-10,14,17,21-27,30-31H,2-4,6-8,11-13,15-16,18-20H2,1H3,(H,39,49)(H,42,46)(H,43,48)/b10-5-/t22?,24-,26-,27+,30?,31?,37-/m1/s1. The highest BCUT2D eigenvalue weighted by Crippen LogP contribution is 2.46. The van der Waals surface area contributed by atoms with Gasteiger partial charge in [0.25, 0.3) is 5.91 Å². The normalized spacial score (nSPS) is 33.2. The molecule has 0 radical (unpaired) electrons. The lowest BCUT2D eigenvalue weighted by atomic mass is 10.0. The first-order chi connectivity index (χ1) is 26.5. The summed E-state index contributed by atoms with van der Waals surface area (Å²) in [5.41, 5.74) is -0.955. The Kier molecular flexibility index (Phi) is 10.5. The smallest absolute Gasteiger partial charge is 0.408 e. The fourth-order valence-corrected chi connectivity index (χ4v) is 10.2. The summed E-state index contributed by atoms with van der Waals surface area (Å²) in [5, 5.41) is 7.02. The van der Waals surface area contributed by atoms with Crippen LogP contribution in [0, 0.1) is 5.92 Å². The molecule has 3 unspecified atom stereocenters. The van der Waals surface area contributed by atoms with Crippen molar-refractivity contribution in [2.24, 2.45) is 20.9 Å². The molecule has 18 heteroatoms. The first-order valence-corrected chi connectivity index (χ1v) is 21.9. The zero-order valence-electron chi connectivity index (χ0n) is 30.8. The van der Waals surface area contributed by atoms with Gasteiger partial charge in [0, 0.05) is 19.4 Å². The van der Waals surface area contributed by atoms with E-state index in [1.165, 1.54) is 16.2 Å². The van der Waals surface area contributed by atoms with Crippen molar-refractivity contribution in [1.82, 2.24) is 25.2 Å². The number of nitrogens with one attached hydrogen (secondary N) is 3. The molecule has 1 saturated heterocycles. The molecule has 7 aliphatic rings. The summed E-state index contributed by atoms with van der Waals surface area (Å²) in [5.74, 6) is -2.04. The molecule has 296 valence electrons. The summed E-state index contributed by atoms with van der Waals surface area (Å²) in [6.45, 7) is -0.0145. The summed E-state index contributed by atoms with van der Waals surface area (Å²) in [6.07, 6.45) is 11.0. The van der Waals surface area contributed by atoms with Crippen LogP contribution >= 0.6 is 11.3 Å². The van der Waals surface area contributed by atoms with Crippen molar-refractivity contribution in [3.63, 3.8) is 0 Å².